The maximum absolute atomic E-state index is 12.6. The van der Waals surface area contributed by atoms with Crippen molar-refractivity contribution in [2.24, 2.45) is 5.73 Å². The average Bonchev–Trinajstić information content (AvgIpc) is 2.80. The van der Waals surface area contributed by atoms with Gasteiger partial charge in [-0.25, -0.2) is 0 Å². The number of rotatable bonds is 9. The molecule has 0 fully saturated rings. The van der Waals surface area contributed by atoms with E-state index in [1.165, 1.54) is 0 Å². The van der Waals surface area contributed by atoms with Gasteiger partial charge in [-0.05, 0) is 32.3 Å². The van der Waals surface area contributed by atoms with Crippen molar-refractivity contribution >= 4 is 24.1 Å². The largest absolute Gasteiger partial charge is 0.354 e. The summed E-state index contributed by atoms with van der Waals surface area (Å²) in [6, 6.07) is -0.0219. The number of aryl methyl sites for hydroxylation is 1. The molecule has 1 aromatic rings. The number of carbonyl (C=O) groups is 2. The number of amides is 1. The van der Waals surface area contributed by atoms with Gasteiger partial charge in [0, 0.05) is 23.8 Å². The Bertz CT molecular complexity index is 526. The van der Waals surface area contributed by atoms with E-state index in [1.54, 1.807) is 6.92 Å². The van der Waals surface area contributed by atoms with E-state index in [-0.39, 0.29) is 30.1 Å². The number of halogens is 1. The highest BCUT2D eigenvalue weighted by molar-refractivity contribution is 6.02. The van der Waals surface area contributed by atoms with E-state index in [0.717, 1.165) is 36.9 Å². The zero-order valence-electron chi connectivity index (χ0n) is 14.6. The lowest BCUT2D eigenvalue weighted by Crippen LogP contribution is -2.40. The van der Waals surface area contributed by atoms with Gasteiger partial charge in [-0.15, -0.1) is 12.4 Å². The van der Waals surface area contributed by atoms with E-state index >= 15 is 0 Å². The van der Waals surface area contributed by atoms with Gasteiger partial charge < -0.3 is 16.0 Å². The molecule has 1 heterocycles. The van der Waals surface area contributed by atoms with E-state index in [1.807, 2.05) is 13.8 Å². The molecule has 6 heteroatoms. The van der Waals surface area contributed by atoms with Crippen LogP contribution in [0.1, 0.15) is 78.6 Å². The van der Waals surface area contributed by atoms with Gasteiger partial charge in [0.2, 0.25) is 0 Å². The average molecular weight is 344 g/mol. The summed E-state index contributed by atoms with van der Waals surface area (Å²) in [6.07, 6.45) is 4.58. The molecular weight excluding hydrogens is 314 g/mol. The van der Waals surface area contributed by atoms with Crippen LogP contribution in [0.25, 0.3) is 0 Å². The van der Waals surface area contributed by atoms with E-state index in [0.29, 0.717) is 24.2 Å². The Morgan fingerprint density at radius 1 is 1.26 bits per heavy atom. The van der Waals surface area contributed by atoms with Gasteiger partial charge in [0.05, 0.1) is 0 Å². The van der Waals surface area contributed by atoms with Gasteiger partial charge in [0.25, 0.3) is 5.91 Å². The van der Waals surface area contributed by atoms with Crippen LogP contribution in [-0.4, -0.2) is 29.3 Å². The Balaban J connectivity index is 0.00000484. The van der Waals surface area contributed by atoms with Crippen molar-refractivity contribution in [3.8, 4) is 0 Å². The molecule has 0 aliphatic carbocycles. The second-order valence-electron chi connectivity index (χ2n) is 5.83. The molecule has 4 N–H and O–H groups in total. The summed E-state index contributed by atoms with van der Waals surface area (Å²) in [4.78, 5) is 27.5. The van der Waals surface area contributed by atoms with Gasteiger partial charge in [-0.3, -0.25) is 9.59 Å². The third kappa shape index (κ3) is 5.66. The summed E-state index contributed by atoms with van der Waals surface area (Å²) in [5, 5.41) is 2.99. The van der Waals surface area contributed by atoms with E-state index in [2.05, 4.69) is 17.2 Å². The zero-order chi connectivity index (χ0) is 16.7. The zero-order valence-corrected chi connectivity index (χ0v) is 15.4. The molecule has 0 spiro atoms. The lowest BCUT2D eigenvalue weighted by atomic mass is 10.0. The first kappa shape index (κ1) is 21.7. The number of nitrogens with one attached hydrogen (secondary N) is 2. The van der Waals surface area contributed by atoms with Crippen LogP contribution in [0.15, 0.2) is 0 Å². The fraction of sp³-hybridized carbons (Fsp3) is 0.647. The number of ketones is 1. The molecule has 0 aliphatic heterocycles. The van der Waals surface area contributed by atoms with Gasteiger partial charge in [0.15, 0.2) is 5.78 Å². The van der Waals surface area contributed by atoms with Crippen LogP contribution in [0.3, 0.4) is 0 Å². The third-order valence-electron chi connectivity index (χ3n) is 3.90. The monoisotopic (exact) mass is 343 g/mol. The Morgan fingerprint density at radius 2 is 1.91 bits per heavy atom. The predicted octanol–water partition coefficient (Wildman–Crippen LogP) is 3.15. The predicted molar refractivity (Wildman–Crippen MR) is 96.6 cm³/mol. The van der Waals surface area contributed by atoms with Crippen molar-refractivity contribution in [3.05, 3.63) is 22.5 Å². The highest BCUT2D eigenvalue weighted by Crippen LogP contribution is 2.21. The van der Waals surface area contributed by atoms with Gasteiger partial charge >= 0.3 is 0 Å². The molecule has 0 saturated carbocycles. The summed E-state index contributed by atoms with van der Waals surface area (Å²) in [6.45, 7) is 7.96. The van der Waals surface area contributed by atoms with Gasteiger partial charge in [-0.1, -0.05) is 33.1 Å². The first-order valence-electron chi connectivity index (χ1n) is 8.19. The molecule has 1 atom stereocenters. The molecule has 1 amide bonds. The molecule has 5 nitrogen and oxygen atoms in total. The minimum atomic E-state index is -0.161. The molecule has 0 radical (unpaired) electrons. The number of hydrogen-bond acceptors (Lipinski definition) is 3. The lowest BCUT2D eigenvalue weighted by Gasteiger charge is -2.16. The van der Waals surface area contributed by atoms with Crippen molar-refractivity contribution < 1.29 is 9.59 Å². The number of aromatic amines is 1. The molecule has 0 aliphatic rings. The van der Waals surface area contributed by atoms with Crippen molar-refractivity contribution in [1.29, 1.82) is 0 Å². The minimum Gasteiger partial charge on any atom is -0.354 e. The minimum absolute atomic E-state index is 0. The van der Waals surface area contributed by atoms with E-state index < -0.39 is 0 Å². The fourth-order valence-corrected chi connectivity index (χ4v) is 2.80. The van der Waals surface area contributed by atoms with Crippen molar-refractivity contribution in [1.82, 2.24) is 10.3 Å². The quantitative estimate of drug-likeness (QED) is 0.602. The molecule has 1 rings (SSSR count). The highest BCUT2D eigenvalue weighted by atomic mass is 35.5. The molecule has 0 aromatic carbocycles. The summed E-state index contributed by atoms with van der Waals surface area (Å²) < 4.78 is 0. The number of hydrogen-bond donors (Lipinski definition) is 3. The standard InChI is InChI=1S/C17H29N3O2.ClH/c1-5-7-9-13(10-18)20-17(22)16-14(8-6-2)15(12(4)21)11(3)19-16;/h13,19H,5-10,18H2,1-4H3,(H,20,22);1H. The van der Waals surface area contributed by atoms with Crippen molar-refractivity contribution in [2.75, 3.05) is 6.54 Å². The number of unbranched alkanes of at least 4 members (excludes halogenated alkanes) is 1. The van der Waals surface area contributed by atoms with Crippen LogP contribution in [0, 0.1) is 6.92 Å². The SMILES string of the molecule is CCCCC(CN)NC(=O)c1[nH]c(C)c(C(C)=O)c1CCC.Cl. The van der Waals surface area contributed by atoms with Crippen molar-refractivity contribution in [3.63, 3.8) is 0 Å². The Morgan fingerprint density at radius 3 is 2.39 bits per heavy atom. The van der Waals surface area contributed by atoms with Crippen molar-refractivity contribution in [2.45, 2.75) is 65.8 Å². The normalized spacial score (nSPS) is 11.7. The summed E-state index contributed by atoms with van der Waals surface area (Å²) in [7, 11) is 0. The third-order valence-corrected chi connectivity index (χ3v) is 3.90. The van der Waals surface area contributed by atoms with E-state index in [4.69, 9.17) is 5.73 Å². The summed E-state index contributed by atoms with van der Waals surface area (Å²) in [5.74, 6) is -0.164. The van der Waals surface area contributed by atoms with Crippen LogP contribution >= 0.6 is 12.4 Å². The number of H-pyrrole nitrogens is 1. The van der Waals surface area contributed by atoms with Crippen LogP contribution in [-0.2, 0) is 6.42 Å². The molecule has 132 valence electrons. The van der Waals surface area contributed by atoms with Crippen LogP contribution in [0.4, 0.5) is 0 Å². The number of nitrogens with two attached hydrogens (primary N) is 1. The topological polar surface area (TPSA) is 88.0 Å². The number of Topliss-reactive ketones (excluding diaryl/α,β-unsaturated/α-hetero) is 1. The number of carbonyl (C=O) groups excluding carboxylic acids is 2. The Labute approximate surface area is 145 Å². The molecular formula is C17H30ClN3O2. The summed E-state index contributed by atoms with van der Waals surface area (Å²) in [5.41, 5.74) is 8.50. The van der Waals surface area contributed by atoms with E-state index in [9.17, 15) is 9.59 Å². The Kier molecular flexibility index (Phi) is 9.84. The molecule has 0 bridgehead atoms. The summed E-state index contributed by atoms with van der Waals surface area (Å²) >= 11 is 0. The fourth-order valence-electron chi connectivity index (χ4n) is 2.80. The first-order valence-corrected chi connectivity index (χ1v) is 8.19. The molecule has 23 heavy (non-hydrogen) atoms. The maximum Gasteiger partial charge on any atom is 0.268 e. The maximum atomic E-state index is 12.6. The van der Waals surface area contributed by atoms with Crippen LogP contribution in [0.5, 0.6) is 0 Å². The van der Waals surface area contributed by atoms with Crippen LogP contribution in [0.2, 0.25) is 0 Å². The van der Waals surface area contributed by atoms with Gasteiger partial charge in [0.1, 0.15) is 5.69 Å². The van der Waals surface area contributed by atoms with Gasteiger partial charge in [-0.2, -0.15) is 0 Å². The highest BCUT2D eigenvalue weighted by Gasteiger charge is 2.23. The molecule has 0 saturated heterocycles. The lowest BCUT2D eigenvalue weighted by molar-refractivity contribution is 0.0930. The smallest absolute Gasteiger partial charge is 0.268 e. The second kappa shape index (κ2) is 10.4. The molecule has 1 aromatic heterocycles. The number of aromatic nitrogens is 1. The second-order valence-corrected chi connectivity index (χ2v) is 5.83. The molecule has 1 unspecified atom stereocenters. The Hall–Kier alpha value is -1.33. The first-order chi connectivity index (χ1) is 10.5. The van der Waals surface area contributed by atoms with Crippen LogP contribution < -0.4 is 11.1 Å².